The number of hydrogen-bond donors (Lipinski definition) is 0. The van der Waals surface area contributed by atoms with E-state index in [-0.39, 0.29) is 17.4 Å². The third-order valence-corrected chi connectivity index (χ3v) is 5.39. The summed E-state index contributed by atoms with van der Waals surface area (Å²) in [5.74, 6) is -0.704. The van der Waals surface area contributed by atoms with Gasteiger partial charge in [-0.15, -0.1) is 0 Å². The van der Waals surface area contributed by atoms with Crippen LogP contribution in [0, 0.1) is 18.7 Å². The summed E-state index contributed by atoms with van der Waals surface area (Å²) in [4.78, 5) is 10.9. The van der Waals surface area contributed by atoms with E-state index < -0.39 is 15.8 Å². The van der Waals surface area contributed by atoms with E-state index >= 15 is 0 Å². The molecule has 1 fully saturated rings. The maximum atomic E-state index is 13.0. The molecule has 0 radical (unpaired) electrons. The van der Waals surface area contributed by atoms with Crippen LogP contribution in [-0.4, -0.2) is 32.1 Å². The second-order valence-corrected chi connectivity index (χ2v) is 6.72. The van der Waals surface area contributed by atoms with Gasteiger partial charge in [-0.25, -0.2) is 12.8 Å². The van der Waals surface area contributed by atoms with Gasteiger partial charge in [-0.05, 0) is 43.5 Å². The number of hydrogen-bond acceptors (Lipinski definition) is 3. The zero-order valence-corrected chi connectivity index (χ0v) is 11.5. The zero-order valence-electron chi connectivity index (χ0n) is 10.7. The molecule has 0 bridgehead atoms. The quantitative estimate of drug-likeness (QED) is 0.795. The molecular formula is C13H16FNO3S. The molecule has 0 saturated carbocycles. The van der Waals surface area contributed by atoms with Gasteiger partial charge in [0, 0.05) is 19.0 Å². The Morgan fingerprint density at radius 1 is 1.42 bits per heavy atom. The Morgan fingerprint density at radius 3 is 2.79 bits per heavy atom. The van der Waals surface area contributed by atoms with E-state index in [9.17, 15) is 17.6 Å². The molecule has 1 atom stereocenters. The summed E-state index contributed by atoms with van der Waals surface area (Å²) in [7, 11) is -3.64. The molecule has 104 valence electrons. The van der Waals surface area contributed by atoms with Crippen molar-refractivity contribution in [1.82, 2.24) is 4.31 Å². The molecule has 0 amide bonds. The van der Waals surface area contributed by atoms with Crippen molar-refractivity contribution in [2.75, 3.05) is 13.1 Å². The number of aldehydes is 1. The van der Waals surface area contributed by atoms with Crippen molar-refractivity contribution < 1.29 is 17.6 Å². The van der Waals surface area contributed by atoms with Crippen molar-refractivity contribution in [3.8, 4) is 0 Å². The van der Waals surface area contributed by atoms with Crippen molar-refractivity contribution >= 4 is 16.3 Å². The highest BCUT2D eigenvalue weighted by Gasteiger charge is 2.31. The van der Waals surface area contributed by atoms with Crippen molar-refractivity contribution in [2.24, 2.45) is 5.92 Å². The number of carbonyl (C=O) groups is 1. The first-order chi connectivity index (χ1) is 8.95. The molecule has 0 spiro atoms. The van der Waals surface area contributed by atoms with Crippen LogP contribution in [-0.2, 0) is 14.8 Å². The number of nitrogens with zero attached hydrogens (tertiary/aromatic N) is 1. The fourth-order valence-electron chi connectivity index (χ4n) is 2.34. The SMILES string of the molecule is Cc1cc(F)ccc1S(=O)(=O)N1CCCC(C=O)C1. The van der Waals surface area contributed by atoms with Crippen molar-refractivity contribution in [3.05, 3.63) is 29.6 Å². The lowest BCUT2D eigenvalue weighted by atomic mass is 10.0. The van der Waals surface area contributed by atoms with Gasteiger partial charge in [-0.3, -0.25) is 0 Å². The summed E-state index contributed by atoms with van der Waals surface area (Å²) in [5.41, 5.74) is 0.383. The summed E-state index contributed by atoms with van der Waals surface area (Å²) in [6.07, 6.45) is 2.19. The van der Waals surface area contributed by atoms with Gasteiger partial charge in [0.1, 0.15) is 12.1 Å². The summed E-state index contributed by atoms with van der Waals surface area (Å²) >= 11 is 0. The second kappa shape index (κ2) is 5.38. The molecule has 1 aliphatic heterocycles. The average molecular weight is 285 g/mol. The Morgan fingerprint density at radius 2 is 2.16 bits per heavy atom. The molecule has 0 N–H and O–H groups in total. The Kier molecular flexibility index (Phi) is 4.01. The van der Waals surface area contributed by atoms with Gasteiger partial charge in [-0.1, -0.05) is 0 Å². The number of carbonyl (C=O) groups excluding carboxylic acids is 1. The highest BCUT2D eigenvalue weighted by Crippen LogP contribution is 2.25. The first-order valence-corrected chi connectivity index (χ1v) is 7.61. The van der Waals surface area contributed by atoms with Crippen molar-refractivity contribution in [1.29, 1.82) is 0 Å². The molecule has 1 heterocycles. The van der Waals surface area contributed by atoms with Gasteiger partial charge >= 0.3 is 0 Å². The minimum Gasteiger partial charge on any atom is -0.303 e. The molecule has 1 aromatic carbocycles. The van der Waals surface area contributed by atoms with Crippen molar-refractivity contribution in [3.63, 3.8) is 0 Å². The van der Waals surface area contributed by atoms with Crippen LogP contribution < -0.4 is 0 Å². The molecule has 1 unspecified atom stereocenters. The van der Waals surface area contributed by atoms with Crippen LogP contribution in [0.5, 0.6) is 0 Å². The summed E-state index contributed by atoms with van der Waals surface area (Å²) in [6.45, 7) is 2.18. The summed E-state index contributed by atoms with van der Waals surface area (Å²) in [6, 6.07) is 3.62. The van der Waals surface area contributed by atoms with E-state index in [1.807, 2.05) is 0 Å². The molecule has 2 rings (SSSR count). The van der Waals surface area contributed by atoms with Crippen LogP contribution in [0.3, 0.4) is 0 Å². The minimum atomic E-state index is -3.64. The van der Waals surface area contributed by atoms with E-state index in [1.165, 1.54) is 16.4 Å². The van der Waals surface area contributed by atoms with Crippen LogP contribution >= 0.6 is 0 Å². The van der Waals surface area contributed by atoms with Crippen LogP contribution in [0.4, 0.5) is 4.39 Å². The fraction of sp³-hybridized carbons (Fsp3) is 0.462. The van der Waals surface area contributed by atoms with Gasteiger partial charge < -0.3 is 4.79 Å². The molecule has 1 aromatic rings. The molecule has 1 aliphatic rings. The average Bonchev–Trinajstić information content (AvgIpc) is 2.38. The monoisotopic (exact) mass is 285 g/mol. The zero-order chi connectivity index (χ0) is 14.0. The van der Waals surface area contributed by atoms with Crippen LogP contribution in [0.15, 0.2) is 23.1 Å². The lowest BCUT2D eigenvalue weighted by Crippen LogP contribution is -2.40. The van der Waals surface area contributed by atoms with Gasteiger partial charge in [0.05, 0.1) is 4.90 Å². The number of piperidine rings is 1. The number of sulfonamides is 1. The molecule has 0 aliphatic carbocycles. The van der Waals surface area contributed by atoms with Crippen molar-refractivity contribution in [2.45, 2.75) is 24.7 Å². The first kappa shape index (κ1) is 14.1. The highest BCUT2D eigenvalue weighted by molar-refractivity contribution is 7.89. The topological polar surface area (TPSA) is 54.5 Å². The lowest BCUT2D eigenvalue weighted by molar-refractivity contribution is -0.112. The Balaban J connectivity index is 2.33. The van der Waals surface area contributed by atoms with Gasteiger partial charge in [-0.2, -0.15) is 4.31 Å². The van der Waals surface area contributed by atoms with E-state index in [1.54, 1.807) is 6.92 Å². The minimum absolute atomic E-state index is 0.112. The standard InChI is InChI=1S/C13H16FNO3S/c1-10-7-12(14)4-5-13(10)19(17,18)15-6-2-3-11(8-15)9-16/h4-5,7,9,11H,2-3,6,8H2,1H3. The highest BCUT2D eigenvalue weighted by atomic mass is 32.2. The Labute approximate surface area is 112 Å². The predicted octanol–water partition coefficient (Wildman–Crippen LogP) is 1.73. The molecule has 1 saturated heterocycles. The van der Waals surface area contributed by atoms with Crippen LogP contribution in [0.2, 0.25) is 0 Å². The molecule has 0 aromatic heterocycles. The predicted molar refractivity (Wildman–Crippen MR) is 68.7 cm³/mol. The second-order valence-electron chi connectivity index (χ2n) is 4.81. The van der Waals surface area contributed by atoms with E-state index in [0.717, 1.165) is 18.8 Å². The third-order valence-electron chi connectivity index (χ3n) is 3.37. The Bertz CT molecular complexity index is 586. The summed E-state index contributed by atoms with van der Waals surface area (Å²) < 4.78 is 39.3. The van der Waals surface area contributed by atoms with Crippen LogP contribution in [0.1, 0.15) is 18.4 Å². The molecule has 6 heteroatoms. The van der Waals surface area contributed by atoms with Gasteiger partial charge in [0.15, 0.2) is 0 Å². The van der Waals surface area contributed by atoms with E-state index in [2.05, 4.69) is 0 Å². The smallest absolute Gasteiger partial charge is 0.243 e. The Hall–Kier alpha value is -1.27. The lowest BCUT2D eigenvalue weighted by Gasteiger charge is -2.29. The third kappa shape index (κ3) is 2.84. The molecule has 4 nitrogen and oxygen atoms in total. The van der Waals surface area contributed by atoms with Crippen LogP contribution in [0.25, 0.3) is 0 Å². The number of aryl methyl sites for hydroxylation is 1. The molecular weight excluding hydrogens is 269 g/mol. The fourth-order valence-corrected chi connectivity index (χ4v) is 4.09. The number of halogens is 1. The largest absolute Gasteiger partial charge is 0.303 e. The number of rotatable bonds is 3. The first-order valence-electron chi connectivity index (χ1n) is 6.17. The summed E-state index contributed by atoms with van der Waals surface area (Å²) in [5, 5.41) is 0. The van der Waals surface area contributed by atoms with Gasteiger partial charge in [0.25, 0.3) is 0 Å². The maximum absolute atomic E-state index is 13.0. The maximum Gasteiger partial charge on any atom is 0.243 e. The molecule has 19 heavy (non-hydrogen) atoms. The van der Waals surface area contributed by atoms with Gasteiger partial charge in [0.2, 0.25) is 10.0 Å². The van der Waals surface area contributed by atoms with E-state index in [4.69, 9.17) is 0 Å². The number of benzene rings is 1. The van der Waals surface area contributed by atoms with E-state index in [0.29, 0.717) is 18.5 Å². The normalized spacial score (nSPS) is 21.3.